The molecule has 0 radical (unpaired) electrons. The van der Waals surface area contributed by atoms with Crippen molar-refractivity contribution < 1.29 is 0 Å². The Balaban J connectivity index is 2.09. The first-order chi connectivity index (χ1) is 8.11. The highest BCUT2D eigenvalue weighted by atomic mass is 15.3. The molecule has 92 valence electrons. The summed E-state index contributed by atoms with van der Waals surface area (Å²) in [5.74, 6) is 1.84. The van der Waals surface area contributed by atoms with Crippen LogP contribution in [-0.4, -0.2) is 24.5 Å². The number of nitrogens with one attached hydrogen (secondary N) is 1. The minimum absolute atomic E-state index is 0.663. The van der Waals surface area contributed by atoms with Gasteiger partial charge in [0.2, 0.25) is 0 Å². The first-order valence-corrected chi connectivity index (χ1v) is 5.73. The Bertz CT molecular complexity index is 510. The summed E-state index contributed by atoms with van der Waals surface area (Å²) >= 11 is 0. The molecule has 0 bridgehead atoms. The molecule has 0 atom stereocenters. The lowest BCUT2D eigenvalue weighted by molar-refractivity contribution is 0.746. The van der Waals surface area contributed by atoms with E-state index in [2.05, 4.69) is 27.5 Å². The second-order valence-corrected chi connectivity index (χ2v) is 4.09. The third kappa shape index (κ3) is 2.30. The Kier molecular flexibility index (Phi) is 3.12. The molecule has 0 fully saturated rings. The van der Waals surface area contributed by atoms with Gasteiger partial charge in [0.05, 0.1) is 17.9 Å². The second kappa shape index (κ2) is 4.57. The van der Waals surface area contributed by atoms with Crippen molar-refractivity contribution in [1.29, 1.82) is 0 Å². The molecule has 6 nitrogen and oxygen atoms in total. The maximum atomic E-state index is 4.38. The van der Waals surface area contributed by atoms with E-state index >= 15 is 0 Å². The van der Waals surface area contributed by atoms with Crippen LogP contribution < -0.4 is 5.32 Å². The zero-order valence-corrected chi connectivity index (χ0v) is 10.7. The lowest BCUT2D eigenvalue weighted by Gasteiger charge is -2.05. The summed E-state index contributed by atoms with van der Waals surface area (Å²) in [5.41, 5.74) is 2.14. The Morgan fingerprint density at radius 3 is 2.65 bits per heavy atom. The first kappa shape index (κ1) is 11.6. The largest absolute Gasteiger partial charge is 0.375 e. The molecule has 0 aliphatic carbocycles. The smallest absolute Gasteiger partial charge is 0.152 e. The summed E-state index contributed by atoms with van der Waals surface area (Å²) in [7, 11) is 3.90. The molecule has 0 aromatic carbocycles. The molecule has 2 aromatic heterocycles. The normalized spacial score (nSPS) is 10.8. The van der Waals surface area contributed by atoms with E-state index in [1.165, 1.54) is 0 Å². The number of hydrogen-bond acceptors (Lipinski definition) is 4. The van der Waals surface area contributed by atoms with Crippen molar-refractivity contribution in [3.63, 3.8) is 0 Å². The van der Waals surface area contributed by atoms with Gasteiger partial charge in [0.15, 0.2) is 5.82 Å². The Hall–Kier alpha value is -1.85. The van der Waals surface area contributed by atoms with Crippen LogP contribution in [0.1, 0.15) is 24.3 Å². The highest BCUT2D eigenvalue weighted by Gasteiger charge is 2.08. The van der Waals surface area contributed by atoms with Crippen LogP contribution in [0.25, 0.3) is 0 Å². The predicted octanol–water partition coefficient (Wildman–Crippen LogP) is 1.03. The maximum Gasteiger partial charge on any atom is 0.152 e. The summed E-state index contributed by atoms with van der Waals surface area (Å²) in [6.07, 6.45) is 2.91. The molecule has 1 N–H and O–H groups in total. The van der Waals surface area contributed by atoms with Gasteiger partial charge in [0.1, 0.15) is 5.82 Å². The van der Waals surface area contributed by atoms with Crippen molar-refractivity contribution in [2.75, 3.05) is 5.32 Å². The van der Waals surface area contributed by atoms with Crippen LogP contribution in [0, 0.1) is 6.92 Å². The predicted molar refractivity (Wildman–Crippen MR) is 65.7 cm³/mol. The third-order valence-electron chi connectivity index (χ3n) is 2.86. The van der Waals surface area contributed by atoms with Crippen molar-refractivity contribution in [2.45, 2.75) is 26.8 Å². The monoisotopic (exact) mass is 234 g/mol. The van der Waals surface area contributed by atoms with Gasteiger partial charge in [-0.3, -0.25) is 4.68 Å². The molecule has 2 aromatic rings. The second-order valence-electron chi connectivity index (χ2n) is 4.09. The molecule has 0 aliphatic rings. The van der Waals surface area contributed by atoms with E-state index in [0.717, 1.165) is 29.5 Å². The van der Waals surface area contributed by atoms with Crippen LogP contribution >= 0.6 is 0 Å². The van der Waals surface area contributed by atoms with Gasteiger partial charge >= 0.3 is 0 Å². The summed E-state index contributed by atoms with van der Waals surface area (Å²) in [6.45, 7) is 4.70. The van der Waals surface area contributed by atoms with E-state index in [1.807, 2.05) is 36.5 Å². The molecule has 0 saturated carbocycles. The van der Waals surface area contributed by atoms with E-state index in [0.29, 0.717) is 6.54 Å². The molecule has 0 unspecified atom stereocenters. The quantitative estimate of drug-likeness (QED) is 0.858. The average Bonchev–Trinajstić information content (AvgIpc) is 2.82. The van der Waals surface area contributed by atoms with Crippen LogP contribution in [0.3, 0.4) is 0 Å². The van der Waals surface area contributed by atoms with Crippen LogP contribution in [0.4, 0.5) is 5.69 Å². The highest BCUT2D eigenvalue weighted by Crippen LogP contribution is 2.14. The average molecular weight is 234 g/mol. The summed E-state index contributed by atoms with van der Waals surface area (Å²) in [4.78, 5) is 0. The van der Waals surface area contributed by atoms with E-state index in [-0.39, 0.29) is 0 Å². The molecular weight excluding hydrogens is 216 g/mol. The first-order valence-electron chi connectivity index (χ1n) is 5.73. The number of aryl methyl sites for hydroxylation is 3. The van der Waals surface area contributed by atoms with E-state index in [1.54, 1.807) is 0 Å². The topological polar surface area (TPSA) is 60.6 Å². The Morgan fingerprint density at radius 1 is 1.29 bits per heavy atom. The lowest BCUT2D eigenvalue weighted by atomic mass is 10.3. The van der Waals surface area contributed by atoms with Crippen molar-refractivity contribution in [3.8, 4) is 0 Å². The van der Waals surface area contributed by atoms with Crippen LogP contribution in [0.2, 0.25) is 0 Å². The molecule has 0 spiro atoms. The van der Waals surface area contributed by atoms with Crippen LogP contribution in [0.5, 0.6) is 0 Å². The molecule has 0 saturated heterocycles. The van der Waals surface area contributed by atoms with E-state index < -0.39 is 0 Å². The molecule has 2 heterocycles. The zero-order chi connectivity index (χ0) is 12.4. The van der Waals surface area contributed by atoms with Gasteiger partial charge in [-0.2, -0.15) is 5.10 Å². The molecule has 6 heteroatoms. The fourth-order valence-corrected chi connectivity index (χ4v) is 1.72. The van der Waals surface area contributed by atoms with Gasteiger partial charge in [-0.15, -0.1) is 10.2 Å². The molecule has 0 aliphatic heterocycles. The van der Waals surface area contributed by atoms with Gasteiger partial charge in [0.25, 0.3) is 0 Å². The summed E-state index contributed by atoms with van der Waals surface area (Å²) in [5, 5.41) is 15.9. The van der Waals surface area contributed by atoms with Gasteiger partial charge < -0.3 is 9.88 Å². The van der Waals surface area contributed by atoms with Crippen molar-refractivity contribution >= 4 is 5.69 Å². The molecule has 17 heavy (non-hydrogen) atoms. The summed E-state index contributed by atoms with van der Waals surface area (Å²) < 4.78 is 3.80. The molecule has 0 amide bonds. The Labute approximate surface area is 101 Å². The van der Waals surface area contributed by atoms with Crippen molar-refractivity contribution in [3.05, 3.63) is 23.5 Å². The van der Waals surface area contributed by atoms with Gasteiger partial charge in [-0.1, -0.05) is 6.92 Å². The standard InChI is InChI=1S/C11H18N6/c1-5-9-10(7-16(3)15-9)12-6-11-14-13-8(2)17(11)4/h7,12H,5-6H2,1-4H3. The van der Waals surface area contributed by atoms with Crippen LogP contribution in [-0.2, 0) is 27.1 Å². The minimum atomic E-state index is 0.663. The summed E-state index contributed by atoms with van der Waals surface area (Å²) in [6, 6.07) is 0. The molecule has 2 rings (SSSR count). The fraction of sp³-hybridized carbons (Fsp3) is 0.545. The van der Waals surface area contributed by atoms with Crippen molar-refractivity contribution in [2.24, 2.45) is 14.1 Å². The lowest BCUT2D eigenvalue weighted by Crippen LogP contribution is -2.07. The Morgan fingerprint density at radius 2 is 2.06 bits per heavy atom. The van der Waals surface area contributed by atoms with Crippen molar-refractivity contribution in [1.82, 2.24) is 24.5 Å². The van der Waals surface area contributed by atoms with Gasteiger partial charge in [-0.25, -0.2) is 0 Å². The zero-order valence-electron chi connectivity index (χ0n) is 10.7. The van der Waals surface area contributed by atoms with Gasteiger partial charge in [-0.05, 0) is 13.3 Å². The fourth-order valence-electron chi connectivity index (χ4n) is 1.72. The number of anilines is 1. The number of rotatable bonds is 4. The van der Waals surface area contributed by atoms with E-state index in [9.17, 15) is 0 Å². The SMILES string of the molecule is CCc1nn(C)cc1NCc1nnc(C)n1C. The molecular formula is C11H18N6. The van der Waals surface area contributed by atoms with E-state index in [4.69, 9.17) is 0 Å². The maximum absolute atomic E-state index is 4.38. The third-order valence-corrected chi connectivity index (χ3v) is 2.86. The number of nitrogens with zero attached hydrogens (tertiary/aromatic N) is 5. The highest BCUT2D eigenvalue weighted by molar-refractivity contribution is 5.46. The number of hydrogen-bond donors (Lipinski definition) is 1. The van der Waals surface area contributed by atoms with Crippen LogP contribution in [0.15, 0.2) is 6.20 Å². The van der Waals surface area contributed by atoms with Gasteiger partial charge in [0, 0.05) is 20.3 Å². The number of aromatic nitrogens is 5. The minimum Gasteiger partial charge on any atom is -0.375 e.